The Hall–Kier alpha value is -1.31. The second kappa shape index (κ2) is 6.23. The fourth-order valence-corrected chi connectivity index (χ4v) is 2.73. The lowest BCUT2D eigenvalue weighted by Crippen LogP contribution is -2.19. The number of nitrogens with one attached hydrogen (secondary N) is 1. The summed E-state index contributed by atoms with van der Waals surface area (Å²) >= 11 is 0. The van der Waals surface area contributed by atoms with Crippen molar-refractivity contribution in [3.05, 3.63) is 17.7 Å². The molecule has 19 heavy (non-hydrogen) atoms. The highest BCUT2D eigenvalue weighted by Gasteiger charge is 2.16. The molecule has 108 valence electrons. The van der Waals surface area contributed by atoms with Crippen LogP contribution in [-0.2, 0) is 10.0 Å². The number of sulfonamides is 1. The van der Waals surface area contributed by atoms with E-state index < -0.39 is 10.0 Å². The summed E-state index contributed by atoms with van der Waals surface area (Å²) < 4.78 is 23.0. The summed E-state index contributed by atoms with van der Waals surface area (Å²) in [5.41, 5.74) is 7.24. The molecule has 0 fully saturated rings. The number of nitrogens with two attached hydrogens (primary N) is 2. The number of hydrogen-bond acceptors (Lipinski definition) is 5. The zero-order valence-electron chi connectivity index (χ0n) is 11.2. The first-order chi connectivity index (χ1) is 8.75. The first-order valence-corrected chi connectivity index (χ1v) is 7.60. The third-order valence-electron chi connectivity index (χ3n) is 2.89. The predicted octanol–water partition coefficient (Wildman–Crippen LogP) is 0.798. The Kier molecular flexibility index (Phi) is 5.16. The van der Waals surface area contributed by atoms with Crippen molar-refractivity contribution in [2.24, 2.45) is 5.14 Å². The van der Waals surface area contributed by atoms with Gasteiger partial charge in [0.15, 0.2) is 0 Å². The Labute approximate surface area is 113 Å². The van der Waals surface area contributed by atoms with E-state index in [9.17, 15) is 8.42 Å². The predicted molar refractivity (Wildman–Crippen MR) is 76.4 cm³/mol. The van der Waals surface area contributed by atoms with Crippen molar-refractivity contribution in [3.63, 3.8) is 0 Å². The highest BCUT2D eigenvalue weighted by atomic mass is 32.2. The molecule has 0 heterocycles. The van der Waals surface area contributed by atoms with Crippen LogP contribution in [0.5, 0.6) is 0 Å². The first kappa shape index (κ1) is 15.7. The van der Waals surface area contributed by atoms with Crippen LogP contribution in [0.1, 0.15) is 25.3 Å². The van der Waals surface area contributed by atoms with Gasteiger partial charge in [-0.15, -0.1) is 0 Å². The molecule has 1 aromatic carbocycles. The minimum absolute atomic E-state index is 0.0318. The quantitative estimate of drug-likeness (QED) is 0.577. The van der Waals surface area contributed by atoms with Crippen LogP contribution < -0.4 is 16.2 Å². The van der Waals surface area contributed by atoms with E-state index in [0.29, 0.717) is 23.4 Å². The molecular formula is C12H21N3O3S. The van der Waals surface area contributed by atoms with Gasteiger partial charge in [-0.2, -0.15) is 0 Å². The van der Waals surface area contributed by atoms with Gasteiger partial charge in [-0.3, -0.25) is 0 Å². The van der Waals surface area contributed by atoms with Crippen molar-refractivity contribution in [2.45, 2.75) is 37.6 Å². The Morgan fingerprint density at radius 2 is 2.05 bits per heavy atom. The van der Waals surface area contributed by atoms with Gasteiger partial charge in [-0.1, -0.05) is 0 Å². The molecule has 1 unspecified atom stereocenters. The molecule has 0 amide bonds. The number of nitrogen functional groups attached to an aromatic ring is 1. The molecule has 0 aliphatic heterocycles. The number of aliphatic hydroxyl groups excluding tert-OH is 1. The Balaban J connectivity index is 3.05. The summed E-state index contributed by atoms with van der Waals surface area (Å²) in [6.45, 7) is 3.76. The first-order valence-electron chi connectivity index (χ1n) is 6.06. The lowest BCUT2D eigenvalue weighted by molar-refractivity contribution is 0.282. The maximum Gasteiger partial charge on any atom is 0.238 e. The lowest BCUT2D eigenvalue weighted by Gasteiger charge is -2.18. The van der Waals surface area contributed by atoms with E-state index in [1.165, 1.54) is 6.07 Å². The van der Waals surface area contributed by atoms with Crippen molar-refractivity contribution in [1.82, 2.24) is 0 Å². The summed E-state index contributed by atoms with van der Waals surface area (Å²) in [4.78, 5) is 0.0318. The highest BCUT2D eigenvalue weighted by molar-refractivity contribution is 7.89. The van der Waals surface area contributed by atoms with Crippen LogP contribution in [0.2, 0.25) is 0 Å². The van der Waals surface area contributed by atoms with Crippen LogP contribution in [0.3, 0.4) is 0 Å². The minimum atomic E-state index is -3.79. The summed E-state index contributed by atoms with van der Waals surface area (Å²) in [7, 11) is -3.79. The molecule has 0 radical (unpaired) electrons. The zero-order chi connectivity index (χ0) is 14.6. The van der Waals surface area contributed by atoms with Crippen LogP contribution in [-0.4, -0.2) is 26.2 Å². The van der Waals surface area contributed by atoms with Crippen LogP contribution in [0.25, 0.3) is 0 Å². The van der Waals surface area contributed by atoms with Crippen molar-refractivity contribution in [2.75, 3.05) is 17.7 Å². The van der Waals surface area contributed by atoms with Crippen LogP contribution in [0.15, 0.2) is 17.0 Å². The van der Waals surface area contributed by atoms with Gasteiger partial charge in [0.1, 0.15) is 0 Å². The van der Waals surface area contributed by atoms with Gasteiger partial charge in [-0.25, -0.2) is 13.6 Å². The fourth-order valence-electron chi connectivity index (χ4n) is 1.89. The van der Waals surface area contributed by atoms with Gasteiger partial charge < -0.3 is 16.2 Å². The number of aliphatic hydroxyl groups is 1. The SMILES string of the molecule is Cc1c(NC(C)CCCO)cc(N)cc1S(N)(=O)=O. The molecule has 0 bridgehead atoms. The fraction of sp³-hybridized carbons (Fsp3) is 0.500. The molecule has 1 atom stereocenters. The number of primary sulfonamides is 1. The van der Waals surface area contributed by atoms with Crippen LogP contribution in [0, 0.1) is 6.92 Å². The molecular weight excluding hydrogens is 266 g/mol. The number of anilines is 2. The number of rotatable bonds is 6. The largest absolute Gasteiger partial charge is 0.399 e. The normalized spacial score (nSPS) is 13.3. The zero-order valence-corrected chi connectivity index (χ0v) is 12.0. The highest BCUT2D eigenvalue weighted by Crippen LogP contribution is 2.26. The maximum absolute atomic E-state index is 11.5. The number of hydrogen-bond donors (Lipinski definition) is 4. The van der Waals surface area contributed by atoms with E-state index >= 15 is 0 Å². The topological polar surface area (TPSA) is 118 Å². The van der Waals surface area contributed by atoms with Crippen molar-refractivity contribution >= 4 is 21.4 Å². The Bertz CT molecular complexity index is 543. The second-order valence-electron chi connectivity index (χ2n) is 4.65. The maximum atomic E-state index is 11.5. The molecule has 0 aromatic heterocycles. The molecule has 6 nitrogen and oxygen atoms in total. The van der Waals surface area contributed by atoms with Crippen LogP contribution in [0.4, 0.5) is 11.4 Å². The minimum Gasteiger partial charge on any atom is -0.399 e. The van der Waals surface area contributed by atoms with E-state index in [1.807, 2.05) is 6.92 Å². The van der Waals surface area contributed by atoms with Crippen molar-refractivity contribution < 1.29 is 13.5 Å². The molecule has 7 heteroatoms. The average molecular weight is 287 g/mol. The van der Waals surface area contributed by atoms with Gasteiger partial charge in [0.2, 0.25) is 10.0 Å². The Morgan fingerprint density at radius 3 is 2.58 bits per heavy atom. The van der Waals surface area contributed by atoms with Gasteiger partial charge >= 0.3 is 0 Å². The Morgan fingerprint density at radius 1 is 1.42 bits per heavy atom. The summed E-state index contributed by atoms with van der Waals surface area (Å²) in [6, 6.07) is 3.13. The lowest BCUT2D eigenvalue weighted by atomic mass is 10.1. The van der Waals surface area contributed by atoms with E-state index in [-0.39, 0.29) is 17.5 Å². The van der Waals surface area contributed by atoms with Crippen molar-refractivity contribution in [3.8, 4) is 0 Å². The molecule has 0 saturated heterocycles. The van der Waals surface area contributed by atoms with E-state index in [1.54, 1.807) is 13.0 Å². The smallest absolute Gasteiger partial charge is 0.238 e. The van der Waals surface area contributed by atoms with Crippen molar-refractivity contribution in [1.29, 1.82) is 0 Å². The molecule has 0 aliphatic rings. The summed E-state index contributed by atoms with van der Waals surface area (Å²) in [5, 5.41) is 17.1. The standard InChI is InChI=1S/C12H21N3O3S/c1-8(4-3-5-16)15-11-6-10(13)7-12(9(11)2)19(14,17)18/h6-8,15-16H,3-5,13H2,1-2H3,(H2,14,17,18). The second-order valence-corrected chi connectivity index (χ2v) is 6.18. The van der Waals surface area contributed by atoms with E-state index in [0.717, 1.165) is 6.42 Å². The molecule has 1 rings (SSSR count). The van der Waals surface area contributed by atoms with E-state index in [2.05, 4.69) is 5.32 Å². The van der Waals surface area contributed by atoms with Gasteiger partial charge in [-0.05, 0) is 44.4 Å². The summed E-state index contributed by atoms with van der Waals surface area (Å²) in [6.07, 6.45) is 1.45. The van der Waals surface area contributed by atoms with Gasteiger partial charge in [0.05, 0.1) is 4.90 Å². The molecule has 1 aromatic rings. The van der Waals surface area contributed by atoms with Gasteiger partial charge in [0, 0.05) is 24.0 Å². The molecule has 0 saturated carbocycles. The van der Waals surface area contributed by atoms with Gasteiger partial charge in [0.25, 0.3) is 0 Å². The molecule has 0 aliphatic carbocycles. The molecule has 0 spiro atoms. The van der Waals surface area contributed by atoms with Crippen LogP contribution >= 0.6 is 0 Å². The molecule has 6 N–H and O–H groups in total. The average Bonchev–Trinajstić information content (AvgIpc) is 2.29. The van der Waals surface area contributed by atoms with E-state index in [4.69, 9.17) is 16.0 Å². The number of benzene rings is 1. The monoisotopic (exact) mass is 287 g/mol. The summed E-state index contributed by atoms with van der Waals surface area (Å²) in [5.74, 6) is 0. The third kappa shape index (κ3) is 4.38. The third-order valence-corrected chi connectivity index (χ3v) is 3.92.